The second-order valence-electron chi connectivity index (χ2n) is 5.86. The number of rotatable bonds is 5. The van der Waals surface area contributed by atoms with E-state index in [0.717, 1.165) is 12.8 Å². The maximum atomic E-state index is 12.3. The van der Waals surface area contributed by atoms with Gasteiger partial charge in [0.2, 0.25) is 5.91 Å². The Hall–Kier alpha value is -2.20. The van der Waals surface area contributed by atoms with E-state index in [4.69, 9.17) is 0 Å². The average Bonchev–Trinajstić information content (AvgIpc) is 3.39. The number of nitrogens with one attached hydrogen (secondary N) is 1. The quantitative estimate of drug-likeness (QED) is 0.891. The molecule has 0 bridgehead atoms. The predicted octanol–water partition coefficient (Wildman–Crippen LogP) is 3.15. The van der Waals surface area contributed by atoms with Crippen LogP contribution >= 0.6 is 0 Å². The van der Waals surface area contributed by atoms with Crippen molar-refractivity contribution in [3.8, 4) is 0 Å². The summed E-state index contributed by atoms with van der Waals surface area (Å²) in [5, 5.41) is 13.5. The molecular formula is C18H20N2O2. The number of anilines is 1. The summed E-state index contributed by atoms with van der Waals surface area (Å²) < 4.78 is 0. The Morgan fingerprint density at radius 1 is 1.23 bits per heavy atom. The molecule has 0 spiro atoms. The first kappa shape index (κ1) is 14.7. The van der Waals surface area contributed by atoms with Crippen LogP contribution in [0, 0.1) is 11.8 Å². The van der Waals surface area contributed by atoms with Crippen LogP contribution < -0.4 is 5.32 Å². The van der Waals surface area contributed by atoms with E-state index in [0.29, 0.717) is 22.9 Å². The zero-order valence-electron chi connectivity index (χ0n) is 12.6. The number of aliphatic hydroxyl groups is 1. The summed E-state index contributed by atoms with van der Waals surface area (Å²) in [7, 11) is 0. The van der Waals surface area contributed by atoms with Crippen molar-refractivity contribution in [2.24, 2.45) is 11.8 Å². The fourth-order valence-corrected chi connectivity index (χ4v) is 2.60. The maximum Gasteiger partial charge on any atom is 0.227 e. The number of pyridine rings is 1. The van der Waals surface area contributed by atoms with Crippen molar-refractivity contribution in [1.82, 2.24) is 4.98 Å². The summed E-state index contributed by atoms with van der Waals surface area (Å²) in [6.07, 6.45) is 3.06. The lowest BCUT2D eigenvalue weighted by Crippen LogP contribution is -2.23. The number of aliphatic hydroxyl groups excluding tert-OH is 1. The fraction of sp³-hybridized carbons (Fsp3) is 0.333. The smallest absolute Gasteiger partial charge is 0.227 e. The number of amides is 1. The van der Waals surface area contributed by atoms with E-state index in [1.54, 1.807) is 18.3 Å². The Labute approximate surface area is 130 Å². The van der Waals surface area contributed by atoms with E-state index in [1.807, 2.05) is 37.3 Å². The van der Waals surface area contributed by atoms with Crippen molar-refractivity contribution >= 4 is 11.6 Å². The maximum absolute atomic E-state index is 12.3. The number of nitrogens with zero attached hydrogens (tertiary/aromatic N) is 1. The van der Waals surface area contributed by atoms with Crippen molar-refractivity contribution in [3.05, 3.63) is 59.9 Å². The second-order valence-corrected chi connectivity index (χ2v) is 5.86. The molecule has 1 aliphatic carbocycles. The van der Waals surface area contributed by atoms with Crippen molar-refractivity contribution < 1.29 is 9.90 Å². The minimum absolute atomic E-state index is 0.0139. The van der Waals surface area contributed by atoms with Crippen LogP contribution in [0.2, 0.25) is 0 Å². The summed E-state index contributed by atoms with van der Waals surface area (Å²) in [4.78, 5) is 16.5. The van der Waals surface area contributed by atoms with Gasteiger partial charge in [0.05, 0.1) is 5.69 Å². The van der Waals surface area contributed by atoms with Gasteiger partial charge in [0.15, 0.2) is 0 Å². The van der Waals surface area contributed by atoms with Gasteiger partial charge in [0.25, 0.3) is 0 Å². The average molecular weight is 296 g/mol. The molecule has 1 fully saturated rings. The highest BCUT2D eigenvalue weighted by Gasteiger charge is 2.33. The van der Waals surface area contributed by atoms with E-state index >= 15 is 0 Å². The molecule has 4 nitrogen and oxygen atoms in total. The van der Waals surface area contributed by atoms with Gasteiger partial charge in [-0.05, 0) is 37.0 Å². The Morgan fingerprint density at radius 3 is 2.64 bits per heavy atom. The molecule has 114 valence electrons. The van der Waals surface area contributed by atoms with E-state index in [9.17, 15) is 9.90 Å². The molecule has 1 amide bonds. The lowest BCUT2D eigenvalue weighted by atomic mass is 10.0. The Balaban J connectivity index is 1.82. The number of hydrogen-bond acceptors (Lipinski definition) is 3. The molecule has 0 radical (unpaired) electrons. The van der Waals surface area contributed by atoms with Crippen LogP contribution in [0.5, 0.6) is 0 Å². The first-order valence-corrected chi connectivity index (χ1v) is 7.65. The summed E-state index contributed by atoms with van der Waals surface area (Å²) in [5.41, 5.74) is 1.88. The number of para-hydroxylation sites is 1. The number of carbonyl (C=O) groups excluding carboxylic acids is 1. The van der Waals surface area contributed by atoms with Crippen molar-refractivity contribution in [2.75, 3.05) is 5.32 Å². The molecule has 3 rings (SSSR count). The molecule has 2 N–H and O–H groups in total. The zero-order valence-corrected chi connectivity index (χ0v) is 12.6. The predicted molar refractivity (Wildman–Crippen MR) is 85.3 cm³/mol. The van der Waals surface area contributed by atoms with Crippen LogP contribution in [-0.2, 0) is 4.79 Å². The normalized spacial score (nSPS) is 16.8. The minimum atomic E-state index is -0.853. The van der Waals surface area contributed by atoms with E-state index in [1.165, 1.54) is 0 Å². The topological polar surface area (TPSA) is 62.2 Å². The number of hydrogen-bond donors (Lipinski definition) is 2. The molecule has 0 unspecified atom stereocenters. The van der Waals surface area contributed by atoms with Crippen molar-refractivity contribution in [3.63, 3.8) is 0 Å². The fourth-order valence-electron chi connectivity index (χ4n) is 2.60. The van der Waals surface area contributed by atoms with Gasteiger partial charge >= 0.3 is 0 Å². The summed E-state index contributed by atoms with van der Waals surface area (Å²) >= 11 is 0. The van der Waals surface area contributed by atoms with E-state index < -0.39 is 6.10 Å². The SMILES string of the molecule is C[C@@H](C(=O)Nc1ccccc1[C@@H](O)c1ccccn1)C1CC1. The number of carbonyl (C=O) groups is 1. The largest absolute Gasteiger partial charge is 0.382 e. The number of aromatic nitrogens is 1. The lowest BCUT2D eigenvalue weighted by Gasteiger charge is -2.17. The van der Waals surface area contributed by atoms with E-state index in [-0.39, 0.29) is 11.8 Å². The molecule has 0 aliphatic heterocycles. The molecule has 2 aromatic rings. The summed E-state index contributed by atoms with van der Waals surface area (Å²) in [6.45, 7) is 1.96. The van der Waals surface area contributed by atoms with Crippen molar-refractivity contribution in [2.45, 2.75) is 25.9 Å². The summed E-state index contributed by atoms with van der Waals surface area (Å²) in [6, 6.07) is 12.8. The highest BCUT2D eigenvalue weighted by Crippen LogP contribution is 2.37. The van der Waals surface area contributed by atoms with E-state index in [2.05, 4.69) is 10.3 Å². The molecule has 1 heterocycles. The van der Waals surface area contributed by atoms with Gasteiger partial charge in [-0.25, -0.2) is 0 Å². The van der Waals surface area contributed by atoms with Gasteiger partial charge in [0, 0.05) is 23.4 Å². The molecule has 22 heavy (non-hydrogen) atoms. The minimum Gasteiger partial charge on any atom is -0.382 e. The molecule has 2 atom stereocenters. The Morgan fingerprint density at radius 2 is 1.95 bits per heavy atom. The number of benzene rings is 1. The molecule has 1 aliphatic rings. The third-order valence-corrected chi connectivity index (χ3v) is 4.22. The molecule has 0 saturated heterocycles. The van der Waals surface area contributed by atoms with Gasteiger partial charge in [0.1, 0.15) is 6.10 Å². The first-order valence-electron chi connectivity index (χ1n) is 7.65. The highest BCUT2D eigenvalue weighted by atomic mass is 16.3. The molecule has 4 heteroatoms. The second kappa shape index (κ2) is 6.28. The molecule has 1 aromatic heterocycles. The van der Waals surface area contributed by atoms with Crippen LogP contribution in [-0.4, -0.2) is 16.0 Å². The first-order chi connectivity index (χ1) is 10.7. The monoisotopic (exact) mass is 296 g/mol. The van der Waals surface area contributed by atoms with Crippen LogP contribution in [0.3, 0.4) is 0 Å². The third-order valence-electron chi connectivity index (χ3n) is 4.22. The molecule has 1 aromatic carbocycles. The molecular weight excluding hydrogens is 276 g/mol. The van der Waals surface area contributed by atoms with Gasteiger partial charge in [-0.1, -0.05) is 31.2 Å². The van der Waals surface area contributed by atoms with Crippen LogP contribution in [0.4, 0.5) is 5.69 Å². The van der Waals surface area contributed by atoms with Gasteiger partial charge in [-0.3, -0.25) is 9.78 Å². The Bertz CT molecular complexity index is 653. The van der Waals surface area contributed by atoms with Crippen LogP contribution in [0.1, 0.15) is 37.1 Å². The van der Waals surface area contributed by atoms with Gasteiger partial charge in [-0.15, -0.1) is 0 Å². The van der Waals surface area contributed by atoms with Crippen LogP contribution in [0.15, 0.2) is 48.7 Å². The molecule has 1 saturated carbocycles. The third kappa shape index (κ3) is 3.17. The van der Waals surface area contributed by atoms with Gasteiger partial charge in [-0.2, -0.15) is 0 Å². The summed E-state index contributed by atoms with van der Waals surface area (Å²) in [5.74, 6) is 0.538. The zero-order chi connectivity index (χ0) is 15.5. The Kier molecular flexibility index (Phi) is 4.20. The van der Waals surface area contributed by atoms with Crippen LogP contribution in [0.25, 0.3) is 0 Å². The highest BCUT2D eigenvalue weighted by molar-refractivity contribution is 5.93. The lowest BCUT2D eigenvalue weighted by molar-refractivity contribution is -0.119. The van der Waals surface area contributed by atoms with Crippen molar-refractivity contribution in [1.29, 1.82) is 0 Å². The van der Waals surface area contributed by atoms with Gasteiger partial charge < -0.3 is 10.4 Å². The standard InChI is InChI=1S/C18H20N2O2/c1-12(13-9-10-13)18(22)20-15-7-3-2-6-14(15)17(21)16-8-4-5-11-19-16/h2-8,11-13,17,21H,9-10H2,1H3,(H,20,22)/t12-,17-/m1/s1.